The molecule has 2 fully saturated rings. The zero-order valence-electron chi connectivity index (χ0n) is 12.5. The van der Waals surface area contributed by atoms with Gasteiger partial charge in [0.2, 0.25) is 5.91 Å². The van der Waals surface area contributed by atoms with Crippen LogP contribution in [-0.2, 0) is 9.59 Å². The van der Waals surface area contributed by atoms with E-state index < -0.39 is 5.97 Å². The molecule has 0 aromatic rings. The van der Waals surface area contributed by atoms with E-state index in [9.17, 15) is 9.59 Å². The van der Waals surface area contributed by atoms with Crippen LogP contribution in [0.1, 0.15) is 71.1 Å². The van der Waals surface area contributed by atoms with Gasteiger partial charge in [-0.05, 0) is 49.9 Å². The predicted molar refractivity (Wildman–Crippen MR) is 77.3 cm³/mol. The molecule has 0 saturated heterocycles. The second kappa shape index (κ2) is 6.59. The van der Waals surface area contributed by atoms with E-state index in [0.29, 0.717) is 12.5 Å². The van der Waals surface area contributed by atoms with Crippen molar-refractivity contribution in [1.82, 2.24) is 5.32 Å². The Hall–Kier alpha value is -1.06. The lowest BCUT2D eigenvalue weighted by Gasteiger charge is -2.30. The Labute approximate surface area is 121 Å². The number of hydrogen-bond acceptors (Lipinski definition) is 2. The zero-order valence-corrected chi connectivity index (χ0v) is 12.5. The first-order valence-corrected chi connectivity index (χ1v) is 8.00. The maximum Gasteiger partial charge on any atom is 0.303 e. The van der Waals surface area contributed by atoms with Crippen molar-refractivity contribution in [1.29, 1.82) is 0 Å². The van der Waals surface area contributed by atoms with E-state index >= 15 is 0 Å². The smallest absolute Gasteiger partial charge is 0.303 e. The van der Waals surface area contributed by atoms with Crippen molar-refractivity contribution in [2.75, 3.05) is 0 Å². The van der Waals surface area contributed by atoms with Crippen LogP contribution >= 0.6 is 0 Å². The summed E-state index contributed by atoms with van der Waals surface area (Å²) < 4.78 is 0. The Balaban J connectivity index is 1.84. The Bertz CT molecular complexity index is 353. The van der Waals surface area contributed by atoms with Crippen molar-refractivity contribution in [2.24, 2.45) is 11.3 Å². The molecule has 1 amide bonds. The van der Waals surface area contributed by atoms with Crippen LogP contribution in [0.25, 0.3) is 0 Å². The Morgan fingerprint density at radius 2 is 1.70 bits per heavy atom. The van der Waals surface area contributed by atoms with E-state index in [2.05, 4.69) is 12.2 Å². The Morgan fingerprint density at radius 1 is 1.10 bits per heavy atom. The molecule has 114 valence electrons. The molecule has 2 aliphatic carbocycles. The molecule has 20 heavy (non-hydrogen) atoms. The third kappa shape index (κ3) is 4.22. The lowest BCUT2D eigenvalue weighted by molar-refractivity contribution is -0.140. The monoisotopic (exact) mass is 281 g/mol. The fourth-order valence-corrected chi connectivity index (χ4v) is 3.89. The van der Waals surface area contributed by atoms with E-state index in [4.69, 9.17) is 5.11 Å². The number of carboxylic acids is 1. The maximum atomic E-state index is 12.2. The van der Waals surface area contributed by atoms with Crippen LogP contribution in [0.4, 0.5) is 0 Å². The third-order valence-corrected chi connectivity index (χ3v) is 5.11. The third-order valence-electron chi connectivity index (χ3n) is 5.11. The molecule has 2 saturated carbocycles. The van der Waals surface area contributed by atoms with Gasteiger partial charge in [0.05, 0.1) is 6.42 Å². The molecule has 0 heterocycles. The maximum absolute atomic E-state index is 12.2. The summed E-state index contributed by atoms with van der Waals surface area (Å²) in [5.74, 6) is 0.0650. The largest absolute Gasteiger partial charge is 0.481 e. The quantitative estimate of drug-likeness (QED) is 0.813. The number of hydrogen-bond donors (Lipinski definition) is 2. The fraction of sp³-hybridized carbons (Fsp3) is 0.875. The molecule has 2 rings (SSSR count). The minimum atomic E-state index is -0.772. The van der Waals surface area contributed by atoms with Crippen molar-refractivity contribution in [2.45, 2.75) is 77.2 Å². The van der Waals surface area contributed by atoms with Crippen LogP contribution in [0, 0.1) is 11.3 Å². The first kappa shape index (κ1) is 15.3. The summed E-state index contributed by atoms with van der Waals surface area (Å²) in [5, 5.41) is 12.2. The number of carbonyl (C=O) groups excluding carboxylic acids is 1. The van der Waals surface area contributed by atoms with E-state index in [1.807, 2.05) is 0 Å². The van der Waals surface area contributed by atoms with Gasteiger partial charge in [0.15, 0.2) is 0 Å². The topological polar surface area (TPSA) is 66.4 Å². The highest BCUT2D eigenvalue weighted by molar-refractivity contribution is 5.78. The average Bonchev–Trinajstić information content (AvgIpc) is 2.79. The van der Waals surface area contributed by atoms with Gasteiger partial charge in [-0.3, -0.25) is 9.59 Å². The fourth-order valence-electron chi connectivity index (χ4n) is 3.89. The molecular weight excluding hydrogens is 254 g/mol. The summed E-state index contributed by atoms with van der Waals surface area (Å²) in [6, 6.07) is 0.307. The number of nitrogens with one attached hydrogen (secondary N) is 1. The molecule has 0 radical (unpaired) electrons. The number of carbonyl (C=O) groups is 2. The molecule has 4 nitrogen and oxygen atoms in total. The second-order valence-corrected chi connectivity index (χ2v) is 6.98. The summed E-state index contributed by atoms with van der Waals surface area (Å²) in [6.45, 7) is 2.26. The molecule has 0 spiro atoms. The van der Waals surface area contributed by atoms with Crippen molar-refractivity contribution in [3.05, 3.63) is 0 Å². The van der Waals surface area contributed by atoms with Crippen LogP contribution in [0.15, 0.2) is 0 Å². The van der Waals surface area contributed by atoms with Crippen LogP contribution < -0.4 is 5.32 Å². The van der Waals surface area contributed by atoms with Gasteiger partial charge in [0.25, 0.3) is 0 Å². The van der Waals surface area contributed by atoms with E-state index in [0.717, 1.165) is 44.4 Å². The second-order valence-electron chi connectivity index (χ2n) is 6.98. The molecule has 0 aliphatic heterocycles. The molecule has 0 aromatic carbocycles. The lowest BCUT2D eigenvalue weighted by Crippen LogP contribution is -2.40. The number of aliphatic carboxylic acids is 1. The van der Waals surface area contributed by atoms with Gasteiger partial charge in [-0.1, -0.05) is 19.8 Å². The summed E-state index contributed by atoms with van der Waals surface area (Å²) in [4.78, 5) is 23.3. The molecule has 0 atom stereocenters. The first-order valence-electron chi connectivity index (χ1n) is 8.00. The van der Waals surface area contributed by atoms with Gasteiger partial charge in [-0.2, -0.15) is 0 Å². The minimum Gasteiger partial charge on any atom is -0.481 e. The van der Waals surface area contributed by atoms with Crippen molar-refractivity contribution in [3.63, 3.8) is 0 Å². The molecule has 0 bridgehead atoms. The Kier molecular flexibility index (Phi) is 5.06. The predicted octanol–water partition coefficient (Wildman–Crippen LogP) is 3.11. The van der Waals surface area contributed by atoms with Gasteiger partial charge < -0.3 is 10.4 Å². The normalized spacial score (nSPS) is 29.1. The lowest BCUT2D eigenvalue weighted by atomic mass is 9.79. The van der Waals surface area contributed by atoms with Gasteiger partial charge in [-0.15, -0.1) is 0 Å². The summed E-state index contributed by atoms with van der Waals surface area (Å²) in [5.41, 5.74) is -0.280. The number of carboxylic acid groups (broad SMARTS) is 1. The molecule has 4 heteroatoms. The van der Waals surface area contributed by atoms with Gasteiger partial charge >= 0.3 is 5.97 Å². The number of amides is 1. The van der Waals surface area contributed by atoms with Gasteiger partial charge in [-0.25, -0.2) is 0 Å². The SMILES string of the molecule is CC1CCC(NC(=O)CC2(CC(=O)O)CCCC2)CC1. The number of rotatable bonds is 5. The minimum absolute atomic E-state index is 0.0627. The Morgan fingerprint density at radius 3 is 2.25 bits per heavy atom. The van der Waals surface area contributed by atoms with Crippen molar-refractivity contribution < 1.29 is 14.7 Å². The highest BCUT2D eigenvalue weighted by Crippen LogP contribution is 2.44. The molecule has 2 N–H and O–H groups in total. The average molecular weight is 281 g/mol. The van der Waals surface area contributed by atoms with Crippen LogP contribution in [0.5, 0.6) is 0 Å². The summed E-state index contributed by atoms with van der Waals surface area (Å²) in [6.07, 6.45) is 8.92. The molecule has 2 aliphatic rings. The zero-order chi connectivity index (χ0) is 14.6. The molecular formula is C16H27NO3. The van der Waals surface area contributed by atoms with Crippen LogP contribution in [-0.4, -0.2) is 23.0 Å². The molecule has 0 aromatic heterocycles. The van der Waals surface area contributed by atoms with Gasteiger partial charge in [0, 0.05) is 12.5 Å². The van der Waals surface area contributed by atoms with E-state index in [-0.39, 0.29) is 17.7 Å². The van der Waals surface area contributed by atoms with E-state index in [1.165, 1.54) is 12.8 Å². The standard InChI is InChI=1S/C16H27NO3/c1-12-4-6-13(7-5-12)17-14(18)10-16(11-15(19)20)8-2-3-9-16/h12-13H,2-11H2,1H3,(H,17,18)(H,19,20). The van der Waals surface area contributed by atoms with Crippen LogP contribution in [0.3, 0.4) is 0 Å². The van der Waals surface area contributed by atoms with Gasteiger partial charge in [0.1, 0.15) is 0 Å². The van der Waals surface area contributed by atoms with Crippen LogP contribution in [0.2, 0.25) is 0 Å². The summed E-state index contributed by atoms with van der Waals surface area (Å²) in [7, 11) is 0. The van der Waals surface area contributed by atoms with Crippen molar-refractivity contribution in [3.8, 4) is 0 Å². The first-order chi connectivity index (χ1) is 9.49. The highest BCUT2D eigenvalue weighted by Gasteiger charge is 2.38. The van der Waals surface area contributed by atoms with E-state index in [1.54, 1.807) is 0 Å². The summed E-state index contributed by atoms with van der Waals surface area (Å²) >= 11 is 0. The molecule has 0 unspecified atom stereocenters. The highest BCUT2D eigenvalue weighted by atomic mass is 16.4. The van der Waals surface area contributed by atoms with Crippen molar-refractivity contribution >= 4 is 11.9 Å².